The van der Waals surface area contributed by atoms with Crippen LogP contribution in [0.2, 0.25) is 5.02 Å². The molecule has 100 valence electrons. The molecular weight excluding hydrogens is 298 g/mol. The molecule has 0 atom stereocenters. The Morgan fingerprint density at radius 1 is 0.810 bits per heavy atom. The molecule has 0 aliphatic heterocycles. The van der Waals surface area contributed by atoms with E-state index >= 15 is 0 Å². The molecule has 2 aromatic heterocycles. The topological polar surface area (TPSA) is 15.8 Å². The standard InChI is InChI=1S/C18H10ClNS/c19-10-5-6-13-15(9-10)20-14-8-7-12-11-3-1-2-4-16(11)21-18(12)17(13)14/h1-9,20H. The number of rotatable bonds is 0. The van der Waals surface area contributed by atoms with Crippen LogP contribution in [-0.4, -0.2) is 4.98 Å². The lowest BCUT2D eigenvalue weighted by molar-refractivity contribution is 1.55. The van der Waals surface area contributed by atoms with Gasteiger partial charge in [-0.1, -0.05) is 41.9 Å². The molecule has 1 nitrogen and oxygen atoms in total. The van der Waals surface area contributed by atoms with Crippen LogP contribution in [0, 0.1) is 0 Å². The average molecular weight is 308 g/mol. The molecule has 0 bridgehead atoms. The van der Waals surface area contributed by atoms with Crippen LogP contribution in [-0.2, 0) is 0 Å². The number of fused-ring (bicyclic) bond motifs is 7. The van der Waals surface area contributed by atoms with Crippen LogP contribution in [0.1, 0.15) is 0 Å². The fourth-order valence-electron chi connectivity index (χ4n) is 3.14. The number of benzene rings is 3. The maximum Gasteiger partial charge on any atom is 0.0480 e. The highest BCUT2D eigenvalue weighted by atomic mass is 35.5. The monoisotopic (exact) mass is 307 g/mol. The molecule has 0 radical (unpaired) electrons. The Bertz CT molecular complexity index is 1150. The van der Waals surface area contributed by atoms with Gasteiger partial charge in [0, 0.05) is 47.0 Å². The fourth-order valence-corrected chi connectivity index (χ4v) is 4.58. The van der Waals surface area contributed by atoms with Gasteiger partial charge < -0.3 is 4.98 Å². The van der Waals surface area contributed by atoms with E-state index in [1.165, 1.54) is 36.5 Å². The van der Waals surface area contributed by atoms with Crippen molar-refractivity contribution in [1.82, 2.24) is 4.98 Å². The zero-order valence-corrected chi connectivity index (χ0v) is 12.6. The first-order valence-corrected chi connectivity index (χ1v) is 8.02. The highest BCUT2D eigenvalue weighted by Gasteiger charge is 2.12. The minimum absolute atomic E-state index is 0.765. The van der Waals surface area contributed by atoms with Gasteiger partial charge in [0.2, 0.25) is 0 Å². The molecule has 21 heavy (non-hydrogen) atoms. The number of nitrogens with one attached hydrogen (secondary N) is 1. The molecule has 5 aromatic rings. The smallest absolute Gasteiger partial charge is 0.0480 e. The number of halogens is 1. The van der Waals surface area contributed by atoms with Gasteiger partial charge in [0.05, 0.1) is 0 Å². The molecule has 0 saturated heterocycles. The summed E-state index contributed by atoms with van der Waals surface area (Å²) >= 11 is 7.97. The van der Waals surface area contributed by atoms with E-state index in [1.54, 1.807) is 0 Å². The summed E-state index contributed by atoms with van der Waals surface area (Å²) in [4.78, 5) is 3.48. The first kappa shape index (κ1) is 11.6. The van der Waals surface area contributed by atoms with Crippen molar-refractivity contribution in [2.24, 2.45) is 0 Å². The number of thiophene rings is 1. The van der Waals surface area contributed by atoms with E-state index in [-0.39, 0.29) is 0 Å². The molecule has 0 aliphatic rings. The molecule has 0 spiro atoms. The van der Waals surface area contributed by atoms with Gasteiger partial charge in [0.1, 0.15) is 0 Å². The van der Waals surface area contributed by atoms with Crippen molar-refractivity contribution in [2.45, 2.75) is 0 Å². The van der Waals surface area contributed by atoms with Crippen LogP contribution in [0.5, 0.6) is 0 Å². The number of H-pyrrole nitrogens is 1. The zero-order chi connectivity index (χ0) is 14.0. The minimum atomic E-state index is 0.765. The van der Waals surface area contributed by atoms with Crippen LogP contribution in [0.25, 0.3) is 42.0 Å². The highest BCUT2D eigenvalue weighted by molar-refractivity contribution is 7.26. The lowest BCUT2D eigenvalue weighted by atomic mass is 10.1. The molecule has 3 heteroatoms. The van der Waals surface area contributed by atoms with Crippen molar-refractivity contribution in [3.63, 3.8) is 0 Å². The fraction of sp³-hybridized carbons (Fsp3) is 0. The highest BCUT2D eigenvalue weighted by Crippen LogP contribution is 2.41. The van der Waals surface area contributed by atoms with E-state index in [2.05, 4.69) is 47.4 Å². The Hall–Kier alpha value is -2.03. The summed E-state index contributed by atoms with van der Waals surface area (Å²) < 4.78 is 2.69. The Kier molecular flexibility index (Phi) is 2.21. The molecule has 3 aromatic carbocycles. The average Bonchev–Trinajstić information content (AvgIpc) is 3.03. The number of hydrogen-bond donors (Lipinski definition) is 1. The van der Waals surface area contributed by atoms with Crippen molar-refractivity contribution in [1.29, 1.82) is 0 Å². The molecule has 0 saturated carbocycles. The van der Waals surface area contributed by atoms with Gasteiger partial charge in [-0.2, -0.15) is 0 Å². The Balaban J connectivity index is 2.09. The lowest BCUT2D eigenvalue weighted by Crippen LogP contribution is -1.69. The number of aromatic nitrogens is 1. The predicted molar refractivity (Wildman–Crippen MR) is 93.7 cm³/mol. The van der Waals surface area contributed by atoms with Crippen LogP contribution in [0.4, 0.5) is 0 Å². The van der Waals surface area contributed by atoms with Crippen molar-refractivity contribution in [2.75, 3.05) is 0 Å². The predicted octanol–water partition coefficient (Wildman–Crippen LogP) is 6.34. The van der Waals surface area contributed by atoms with Gasteiger partial charge in [-0.15, -0.1) is 11.3 Å². The molecule has 1 N–H and O–H groups in total. The molecule has 0 amide bonds. The summed E-state index contributed by atoms with van der Waals surface area (Å²) in [5.41, 5.74) is 2.27. The maximum atomic E-state index is 6.11. The Morgan fingerprint density at radius 3 is 2.62 bits per heavy atom. The third-order valence-electron chi connectivity index (χ3n) is 4.07. The summed E-state index contributed by atoms with van der Waals surface area (Å²) in [6, 6.07) is 19.1. The quantitative estimate of drug-likeness (QED) is 0.343. The first-order valence-electron chi connectivity index (χ1n) is 6.82. The Morgan fingerprint density at radius 2 is 1.67 bits per heavy atom. The summed E-state index contributed by atoms with van der Waals surface area (Å²) in [6.07, 6.45) is 0. The van der Waals surface area contributed by atoms with Crippen molar-refractivity contribution < 1.29 is 0 Å². The van der Waals surface area contributed by atoms with Crippen LogP contribution in [0.3, 0.4) is 0 Å². The van der Waals surface area contributed by atoms with Gasteiger partial charge in [0.15, 0.2) is 0 Å². The SMILES string of the molecule is Clc1ccc2c(c1)[nH]c1ccc3c4ccccc4sc3c12. The van der Waals surface area contributed by atoms with Gasteiger partial charge in [-0.25, -0.2) is 0 Å². The second kappa shape index (κ2) is 4.00. The van der Waals surface area contributed by atoms with Crippen LogP contribution in [0.15, 0.2) is 54.6 Å². The molecule has 5 rings (SSSR count). The normalized spacial score (nSPS) is 12.0. The van der Waals surface area contributed by atoms with E-state index in [0.29, 0.717) is 0 Å². The third-order valence-corrected chi connectivity index (χ3v) is 5.51. The third kappa shape index (κ3) is 1.52. The molecular formula is C18H10ClNS. The molecule has 0 fully saturated rings. The van der Waals surface area contributed by atoms with Crippen molar-refractivity contribution >= 4 is 64.9 Å². The lowest BCUT2D eigenvalue weighted by Gasteiger charge is -1.95. The van der Waals surface area contributed by atoms with Gasteiger partial charge in [-0.3, -0.25) is 0 Å². The summed E-state index contributed by atoms with van der Waals surface area (Å²) in [5.74, 6) is 0. The van der Waals surface area contributed by atoms with E-state index < -0.39 is 0 Å². The summed E-state index contributed by atoms with van der Waals surface area (Å²) in [6.45, 7) is 0. The molecule has 0 aliphatic carbocycles. The van der Waals surface area contributed by atoms with Crippen LogP contribution >= 0.6 is 22.9 Å². The van der Waals surface area contributed by atoms with Crippen LogP contribution < -0.4 is 0 Å². The van der Waals surface area contributed by atoms with Gasteiger partial charge in [-0.05, 0) is 24.3 Å². The van der Waals surface area contributed by atoms with E-state index in [4.69, 9.17) is 11.6 Å². The zero-order valence-electron chi connectivity index (χ0n) is 11.0. The second-order valence-electron chi connectivity index (χ2n) is 5.28. The van der Waals surface area contributed by atoms with Crippen molar-refractivity contribution in [3.05, 3.63) is 59.6 Å². The summed E-state index contributed by atoms with van der Waals surface area (Å²) in [5, 5.41) is 5.98. The van der Waals surface area contributed by atoms with E-state index in [0.717, 1.165) is 10.5 Å². The largest absolute Gasteiger partial charge is 0.354 e. The molecule has 2 heterocycles. The maximum absolute atomic E-state index is 6.11. The van der Waals surface area contributed by atoms with E-state index in [9.17, 15) is 0 Å². The minimum Gasteiger partial charge on any atom is -0.354 e. The summed E-state index contributed by atoms with van der Waals surface area (Å²) in [7, 11) is 0. The van der Waals surface area contributed by atoms with Crippen molar-refractivity contribution in [3.8, 4) is 0 Å². The molecule has 0 unspecified atom stereocenters. The number of aromatic amines is 1. The first-order chi connectivity index (χ1) is 10.3. The van der Waals surface area contributed by atoms with Gasteiger partial charge in [0.25, 0.3) is 0 Å². The second-order valence-corrected chi connectivity index (χ2v) is 6.77. The number of hydrogen-bond acceptors (Lipinski definition) is 1. The van der Waals surface area contributed by atoms with Gasteiger partial charge >= 0.3 is 0 Å². The van der Waals surface area contributed by atoms with E-state index in [1.807, 2.05) is 23.5 Å². The Labute approximate surface area is 129 Å².